The number of amides is 2. The van der Waals surface area contributed by atoms with Crippen molar-refractivity contribution in [2.24, 2.45) is 0 Å². The Kier molecular flexibility index (Phi) is 4.37. The van der Waals surface area contributed by atoms with Gasteiger partial charge >= 0.3 is 12.0 Å². The molecule has 17 heavy (non-hydrogen) atoms. The highest BCUT2D eigenvalue weighted by atomic mass is 16.5. The minimum Gasteiger partial charge on any atom is -0.467 e. The van der Waals surface area contributed by atoms with E-state index in [1.165, 1.54) is 7.11 Å². The Morgan fingerprint density at radius 2 is 1.94 bits per heavy atom. The van der Waals surface area contributed by atoms with Gasteiger partial charge < -0.3 is 15.0 Å². The van der Waals surface area contributed by atoms with Gasteiger partial charge in [0.15, 0.2) is 0 Å². The van der Waals surface area contributed by atoms with Crippen LogP contribution in [-0.4, -0.2) is 42.1 Å². The van der Waals surface area contributed by atoms with Gasteiger partial charge in [-0.2, -0.15) is 0 Å². The molecule has 0 bridgehead atoms. The van der Waals surface area contributed by atoms with Crippen molar-refractivity contribution >= 4 is 12.0 Å². The lowest BCUT2D eigenvalue weighted by molar-refractivity contribution is -0.147. The highest BCUT2D eigenvalue weighted by Crippen LogP contribution is 2.18. The molecule has 1 aliphatic rings. The van der Waals surface area contributed by atoms with Crippen LogP contribution in [-0.2, 0) is 9.53 Å². The maximum atomic E-state index is 12.1. The minimum atomic E-state index is -0.434. The summed E-state index contributed by atoms with van der Waals surface area (Å²) in [5, 5.41) is 2.88. The molecule has 2 amide bonds. The van der Waals surface area contributed by atoms with Gasteiger partial charge in [-0.1, -0.05) is 0 Å². The number of esters is 1. The zero-order valence-electron chi connectivity index (χ0n) is 11.1. The van der Waals surface area contributed by atoms with Crippen molar-refractivity contribution in [3.05, 3.63) is 0 Å². The monoisotopic (exact) mass is 242 g/mol. The maximum Gasteiger partial charge on any atom is 0.328 e. The van der Waals surface area contributed by atoms with E-state index < -0.39 is 6.04 Å². The molecule has 5 nitrogen and oxygen atoms in total. The Bertz CT molecular complexity index is 297. The first-order valence-electron chi connectivity index (χ1n) is 6.02. The lowest BCUT2D eigenvalue weighted by atomic mass is 10.0. The fourth-order valence-electron chi connectivity index (χ4n) is 1.95. The van der Waals surface area contributed by atoms with Gasteiger partial charge in [-0.3, -0.25) is 0 Å². The molecule has 1 saturated heterocycles. The van der Waals surface area contributed by atoms with Gasteiger partial charge in [-0.25, -0.2) is 9.59 Å². The molecule has 98 valence electrons. The van der Waals surface area contributed by atoms with E-state index in [0.717, 1.165) is 12.8 Å². The molecule has 0 radical (unpaired) electrons. The van der Waals surface area contributed by atoms with Gasteiger partial charge in [-0.05, 0) is 40.0 Å². The van der Waals surface area contributed by atoms with Crippen LogP contribution in [0.3, 0.4) is 0 Å². The highest BCUT2D eigenvalue weighted by molar-refractivity contribution is 5.84. The molecule has 1 fully saturated rings. The molecule has 0 spiro atoms. The molecule has 0 aromatic rings. The Balaban J connectivity index is 2.71. The second kappa shape index (κ2) is 5.38. The van der Waals surface area contributed by atoms with Gasteiger partial charge in [-0.15, -0.1) is 0 Å². The van der Waals surface area contributed by atoms with Crippen molar-refractivity contribution in [3.63, 3.8) is 0 Å². The summed E-state index contributed by atoms with van der Waals surface area (Å²) in [6.07, 6.45) is 2.58. The van der Waals surface area contributed by atoms with Crippen LogP contribution in [0.15, 0.2) is 0 Å². The molecule has 1 unspecified atom stereocenters. The summed E-state index contributed by atoms with van der Waals surface area (Å²) in [4.78, 5) is 25.2. The number of carbonyl (C=O) groups is 2. The van der Waals surface area contributed by atoms with Crippen molar-refractivity contribution in [3.8, 4) is 0 Å². The van der Waals surface area contributed by atoms with E-state index >= 15 is 0 Å². The lowest BCUT2D eigenvalue weighted by Gasteiger charge is -2.35. The highest BCUT2D eigenvalue weighted by Gasteiger charge is 2.33. The number of piperidine rings is 1. The normalized spacial score (nSPS) is 20.9. The van der Waals surface area contributed by atoms with Gasteiger partial charge in [0.1, 0.15) is 6.04 Å². The SMILES string of the molecule is COC(=O)C1CCCCN1C(=O)NC(C)(C)C. The van der Waals surface area contributed by atoms with Crippen LogP contribution in [0, 0.1) is 0 Å². The van der Waals surface area contributed by atoms with Gasteiger partial charge in [0.05, 0.1) is 7.11 Å². The molecule has 1 aliphatic heterocycles. The van der Waals surface area contributed by atoms with E-state index in [2.05, 4.69) is 5.32 Å². The van der Waals surface area contributed by atoms with E-state index in [1.807, 2.05) is 20.8 Å². The van der Waals surface area contributed by atoms with Gasteiger partial charge in [0.25, 0.3) is 0 Å². The number of nitrogens with zero attached hydrogens (tertiary/aromatic N) is 1. The van der Waals surface area contributed by atoms with Crippen molar-refractivity contribution in [1.82, 2.24) is 10.2 Å². The predicted octanol–water partition coefficient (Wildman–Crippen LogP) is 1.52. The summed E-state index contributed by atoms with van der Waals surface area (Å²) >= 11 is 0. The Labute approximate surface area is 102 Å². The topological polar surface area (TPSA) is 58.6 Å². The molecule has 1 rings (SSSR count). The van der Waals surface area contributed by atoms with Crippen LogP contribution in [0.1, 0.15) is 40.0 Å². The van der Waals surface area contributed by atoms with Crippen molar-refractivity contribution in [1.29, 1.82) is 0 Å². The largest absolute Gasteiger partial charge is 0.467 e. The Morgan fingerprint density at radius 3 is 2.47 bits per heavy atom. The fraction of sp³-hybridized carbons (Fsp3) is 0.833. The molecule has 1 atom stereocenters. The zero-order chi connectivity index (χ0) is 13.1. The number of ether oxygens (including phenoxy) is 1. The lowest BCUT2D eigenvalue weighted by Crippen LogP contribution is -2.55. The molecule has 1 N–H and O–H groups in total. The summed E-state index contributed by atoms with van der Waals surface area (Å²) in [5.41, 5.74) is -0.296. The number of carbonyl (C=O) groups excluding carboxylic acids is 2. The van der Waals surface area contributed by atoms with Crippen LogP contribution >= 0.6 is 0 Å². The number of urea groups is 1. The third-order valence-electron chi connectivity index (χ3n) is 2.72. The van der Waals surface area contributed by atoms with E-state index in [1.54, 1.807) is 4.90 Å². The van der Waals surface area contributed by atoms with Crippen LogP contribution < -0.4 is 5.32 Å². The van der Waals surface area contributed by atoms with E-state index in [-0.39, 0.29) is 17.5 Å². The van der Waals surface area contributed by atoms with E-state index in [9.17, 15) is 9.59 Å². The molecule has 0 saturated carbocycles. The maximum absolute atomic E-state index is 12.1. The second-order valence-corrected chi connectivity index (χ2v) is 5.41. The quantitative estimate of drug-likeness (QED) is 0.709. The van der Waals surface area contributed by atoms with E-state index in [4.69, 9.17) is 4.74 Å². The first-order valence-corrected chi connectivity index (χ1v) is 6.02. The molecule has 0 aromatic carbocycles. The molecule has 0 aromatic heterocycles. The number of hydrogen-bond donors (Lipinski definition) is 1. The average molecular weight is 242 g/mol. The second-order valence-electron chi connectivity index (χ2n) is 5.41. The number of likely N-dealkylation sites (tertiary alicyclic amines) is 1. The van der Waals surface area contributed by atoms with Gasteiger partial charge in [0, 0.05) is 12.1 Å². The number of hydrogen-bond acceptors (Lipinski definition) is 3. The molecule has 0 aliphatic carbocycles. The summed E-state index contributed by atoms with van der Waals surface area (Å²) in [7, 11) is 1.36. The zero-order valence-corrected chi connectivity index (χ0v) is 11.1. The molecule has 1 heterocycles. The molecular formula is C12H22N2O3. The number of methoxy groups -OCH3 is 1. The first kappa shape index (κ1) is 13.8. The fourth-order valence-corrected chi connectivity index (χ4v) is 1.95. The van der Waals surface area contributed by atoms with Crippen molar-refractivity contribution in [2.45, 2.75) is 51.6 Å². The summed E-state index contributed by atoms with van der Waals surface area (Å²) in [6.45, 7) is 6.37. The summed E-state index contributed by atoms with van der Waals surface area (Å²) < 4.78 is 4.74. The summed E-state index contributed by atoms with van der Waals surface area (Å²) in [6, 6.07) is -0.622. The third kappa shape index (κ3) is 3.91. The minimum absolute atomic E-state index is 0.187. The molecular weight excluding hydrogens is 220 g/mol. The Hall–Kier alpha value is -1.26. The Morgan fingerprint density at radius 1 is 1.29 bits per heavy atom. The number of nitrogens with one attached hydrogen (secondary N) is 1. The van der Waals surface area contributed by atoms with Gasteiger partial charge in [0.2, 0.25) is 0 Å². The first-order chi connectivity index (χ1) is 7.85. The van der Waals surface area contributed by atoms with Crippen LogP contribution in [0.4, 0.5) is 4.79 Å². The standard InChI is InChI=1S/C12H22N2O3/c1-12(2,3)13-11(16)14-8-6-5-7-9(14)10(15)17-4/h9H,5-8H2,1-4H3,(H,13,16). The third-order valence-corrected chi connectivity index (χ3v) is 2.72. The van der Waals surface area contributed by atoms with Crippen molar-refractivity contribution in [2.75, 3.05) is 13.7 Å². The summed E-state index contributed by atoms with van der Waals surface area (Å²) in [5.74, 6) is -0.325. The smallest absolute Gasteiger partial charge is 0.328 e. The number of rotatable bonds is 1. The van der Waals surface area contributed by atoms with E-state index in [0.29, 0.717) is 13.0 Å². The predicted molar refractivity (Wildman–Crippen MR) is 64.6 cm³/mol. The van der Waals surface area contributed by atoms with Crippen LogP contribution in [0.5, 0.6) is 0 Å². The average Bonchev–Trinajstić information content (AvgIpc) is 2.25. The molecule has 5 heteroatoms. The van der Waals surface area contributed by atoms with Crippen LogP contribution in [0.25, 0.3) is 0 Å². The van der Waals surface area contributed by atoms with Crippen LogP contribution in [0.2, 0.25) is 0 Å². The van der Waals surface area contributed by atoms with Crippen molar-refractivity contribution < 1.29 is 14.3 Å².